The van der Waals surface area contributed by atoms with Crippen molar-refractivity contribution in [1.82, 2.24) is 0 Å². The smallest absolute Gasteiger partial charge is 0.325 e. The minimum absolute atomic E-state index is 0.124. The molecule has 0 saturated heterocycles. The van der Waals surface area contributed by atoms with Gasteiger partial charge in [-0.3, -0.25) is 14.4 Å². The highest BCUT2D eigenvalue weighted by Crippen LogP contribution is 2.33. The van der Waals surface area contributed by atoms with Gasteiger partial charge in [0.05, 0.1) is 0 Å². The standard InChI is InChI=1S/C26H35F5O5S2/c1-4-5-6-7-8-9-10-11-12-13-14-37-25(34)38-17(15-26(2,3)35-16-32)24(33)36-23-21(30)19(28)18(27)20(29)22(23)31/h16-17H,4-15H2,1-3H3. The summed E-state index contributed by atoms with van der Waals surface area (Å²) in [6.07, 6.45) is 10.9. The topological polar surface area (TPSA) is 69.7 Å². The Morgan fingerprint density at radius 3 is 1.79 bits per heavy atom. The fraction of sp³-hybridized carbons (Fsp3) is 0.654. The van der Waals surface area contributed by atoms with Crippen molar-refractivity contribution in [1.29, 1.82) is 0 Å². The summed E-state index contributed by atoms with van der Waals surface area (Å²) >= 11 is 1.42. The minimum atomic E-state index is -2.40. The Balaban J connectivity index is 2.68. The van der Waals surface area contributed by atoms with Crippen molar-refractivity contribution in [3.8, 4) is 5.75 Å². The van der Waals surface area contributed by atoms with E-state index in [-0.39, 0.29) is 12.9 Å². The second kappa shape index (κ2) is 17.7. The zero-order chi connectivity index (χ0) is 28.7. The second-order valence-corrected chi connectivity index (χ2v) is 11.9. The third-order valence-electron chi connectivity index (χ3n) is 5.64. The minimum Gasteiger partial charge on any atom is -0.462 e. The highest BCUT2D eigenvalue weighted by Gasteiger charge is 2.36. The van der Waals surface area contributed by atoms with Gasteiger partial charge in [0.1, 0.15) is 10.9 Å². The average molecular weight is 587 g/mol. The Labute approximate surface area is 229 Å². The normalized spacial score (nSPS) is 12.3. The van der Waals surface area contributed by atoms with E-state index in [1.165, 1.54) is 52.4 Å². The first kappa shape index (κ1) is 34.2. The SMILES string of the molecule is CCCCCCCCCCCCSC(=O)SC(CC(C)(C)OC=O)C(=O)Oc1c(F)c(F)c(F)c(F)c1F. The van der Waals surface area contributed by atoms with Crippen LogP contribution < -0.4 is 4.74 Å². The maximum Gasteiger partial charge on any atom is 0.325 e. The predicted molar refractivity (Wildman–Crippen MR) is 139 cm³/mol. The lowest BCUT2D eigenvalue weighted by Gasteiger charge is -2.26. The van der Waals surface area contributed by atoms with Crippen LogP contribution in [0.3, 0.4) is 0 Å². The van der Waals surface area contributed by atoms with E-state index >= 15 is 0 Å². The number of esters is 1. The lowest BCUT2D eigenvalue weighted by molar-refractivity contribution is -0.144. The molecule has 1 rings (SSSR count). The Kier molecular flexibility index (Phi) is 15.9. The molecule has 0 heterocycles. The van der Waals surface area contributed by atoms with Crippen LogP contribution in [0.1, 0.15) is 91.4 Å². The van der Waals surface area contributed by atoms with Crippen molar-refractivity contribution in [2.24, 2.45) is 0 Å². The number of carbonyl (C=O) groups excluding carboxylic acids is 3. The molecule has 12 heteroatoms. The van der Waals surface area contributed by atoms with Crippen molar-refractivity contribution in [3.05, 3.63) is 29.1 Å². The summed E-state index contributed by atoms with van der Waals surface area (Å²) in [5.41, 5.74) is -1.30. The van der Waals surface area contributed by atoms with E-state index in [4.69, 9.17) is 4.74 Å². The van der Waals surface area contributed by atoms with E-state index in [0.717, 1.165) is 37.4 Å². The number of thioether (sulfide) groups is 2. The second-order valence-electron chi connectivity index (χ2n) is 9.38. The van der Waals surface area contributed by atoms with Crippen LogP contribution in [0.2, 0.25) is 0 Å². The number of rotatable bonds is 18. The van der Waals surface area contributed by atoms with E-state index < -0.39 is 56.1 Å². The molecule has 0 fully saturated rings. The summed E-state index contributed by atoms with van der Waals surface area (Å²) in [6.45, 7) is 5.14. The number of benzene rings is 1. The van der Waals surface area contributed by atoms with Crippen LogP contribution in [-0.4, -0.2) is 33.5 Å². The first-order chi connectivity index (χ1) is 17.9. The molecule has 0 bridgehead atoms. The van der Waals surface area contributed by atoms with E-state index in [0.29, 0.717) is 17.5 Å². The Bertz CT molecular complexity index is 901. The van der Waals surface area contributed by atoms with Gasteiger partial charge in [-0.1, -0.05) is 88.2 Å². The van der Waals surface area contributed by atoms with Crippen LogP contribution >= 0.6 is 23.5 Å². The van der Waals surface area contributed by atoms with Crippen molar-refractivity contribution in [3.63, 3.8) is 0 Å². The van der Waals surface area contributed by atoms with E-state index in [2.05, 4.69) is 11.7 Å². The van der Waals surface area contributed by atoms with Gasteiger partial charge >= 0.3 is 5.97 Å². The summed E-state index contributed by atoms with van der Waals surface area (Å²) in [4.78, 5) is 35.9. The van der Waals surface area contributed by atoms with Crippen LogP contribution in [0.25, 0.3) is 0 Å². The van der Waals surface area contributed by atoms with Gasteiger partial charge in [0.2, 0.25) is 39.3 Å². The molecular weight excluding hydrogens is 551 g/mol. The number of halogens is 5. The largest absolute Gasteiger partial charge is 0.462 e. The molecule has 216 valence electrons. The molecule has 0 aliphatic rings. The number of hydrogen-bond donors (Lipinski definition) is 0. The molecule has 1 aromatic carbocycles. The molecule has 0 radical (unpaired) electrons. The van der Waals surface area contributed by atoms with Gasteiger partial charge in [0.15, 0.2) is 0 Å². The van der Waals surface area contributed by atoms with Gasteiger partial charge < -0.3 is 9.47 Å². The molecule has 0 aliphatic heterocycles. The maximum absolute atomic E-state index is 14.0. The van der Waals surface area contributed by atoms with Crippen molar-refractivity contribution in [2.45, 2.75) is 102 Å². The lowest BCUT2D eigenvalue weighted by Crippen LogP contribution is -2.35. The number of unbranched alkanes of at least 4 members (excludes halogenated alkanes) is 9. The van der Waals surface area contributed by atoms with Gasteiger partial charge in [-0.05, 0) is 20.3 Å². The number of hydrogen-bond acceptors (Lipinski definition) is 7. The highest BCUT2D eigenvalue weighted by molar-refractivity contribution is 8.39. The first-order valence-corrected chi connectivity index (χ1v) is 14.5. The van der Waals surface area contributed by atoms with E-state index in [1.54, 1.807) is 0 Å². The predicted octanol–water partition coefficient (Wildman–Crippen LogP) is 8.51. The third-order valence-corrected chi connectivity index (χ3v) is 7.84. The van der Waals surface area contributed by atoms with E-state index in [1.807, 2.05) is 0 Å². The van der Waals surface area contributed by atoms with Gasteiger partial charge in [0, 0.05) is 12.2 Å². The van der Waals surface area contributed by atoms with Gasteiger partial charge in [-0.25, -0.2) is 13.2 Å². The van der Waals surface area contributed by atoms with Gasteiger partial charge in [-0.15, -0.1) is 0 Å². The summed E-state index contributed by atoms with van der Waals surface area (Å²) in [6, 6.07) is 0. The van der Waals surface area contributed by atoms with Crippen LogP contribution in [0.4, 0.5) is 26.7 Å². The first-order valence-electron chi connectivity index (χ1n) is 12.6. The zero-order valence-corrected chi connectivity index (χ0v) is 23.5. The Morgan fingerprint density at radius 1 is 0.816 bits per heavy atom. The fourth-order valence-corrected chi connectivity index (χ4v) is 5.78. The summed E-state index contributed by atoms with van der Waals surface area (Å²) in [5.74, 6) is -14.3. The van der Waals surface area contributed by atoms with Gasteiger partial charge in [-0.2, -0.15) is 8.78 Å². The molecule has 5 nitrogen and oxygen atoms in total. The molecule has 0 aromatic heterocycles. The van der Waals surface area contributed by atoms with E-state index in [9.17, 15) is 36.3 Å². The number of carbonyl (C=O) groups is 3. The number of ether oxygens (including phenoxy) is 2. The molecular formula is C26H35F5O5S2. The molecule has 1 unspecified atom stereocenters. The van der Waals surface area contributed by atoms with Crippen LogP contribution in [0, 0.1) is 29.1 Å². The Hall–Kier alpha value is -1.82. The summed E-state index contributed by atoms with van der Waals surface area (Å²) in [7, 11) is 0. The Morgan fingerprint density at radius 2 is 1.29 bits per heavy atom. The molecule has 0 aliphatic carbocycles. The molecule has 0 saturated carbocycles. The van der Waals surface area contributed by atoms with Crippen LogP contribution in [0.15, 0.2) is 0 Å². The quantitative estimate of drug-likeness (QED) is 0.0325. The summed E-state index contributed by atoms with van der Waals surface area (Å²) in [5, 5.41) is -1.45. The summed E-state index contributed by atoms with van der Waals surface area (Å²) < 4.78 is 77.2. The molecule has 1 atom stereocenters. The van der Waals surface area contributed by atoms with Crippen molar-refractivity contribution in [2.75, 3.05) is 5.75 Å². The van der Waals surface area contributed by atoms with Crippen LogP contribution in [0.5, 0.6) is 5.75 Å². The zero-order valence-electron chi connectivity index (χ0n) is 21.9. The molecule has 1 aromatic rings. The average Bonchev–Trinajstić information content (AvgIpc) is 2.86. The monoisotopic (exact) mass is 586 g/mol. The van der Waals surface area contributed by atoms with Gasteiger partial charge in [0.25, 0.3) is 6.47 Å². The maximum atomic E-state index is 14.0. The molecule has 0 spiro atoms. The lowest BCUT2D eigenvalue weighted by atomic mass is 10.0. The van der Waals surface area contributed by atoms with Crippen LogP contribution in [-0.2, 0) is 14.3 Å². The molecule has 0 N–H and O–H groups in total. The third kappa shape index (κ3) is 11.9. The van der Waals surface area contributed by atoms with Crippen molar-refractivity contribution < 1.29 is 45.8 Å². The molecule has 0 amide bonds. The molecule has 38 heavy (non-hydrogen) atoms. The highest BCUT2D eigenvalue weighted by atomic mass is 32.2. The fourth-order valence-electron chi connectivity index (χ4n) is 3.53. The van der Waals surface area contributed by atoms with Crippen molar-refractivity contribution >= 4 is 40.4 Å².